The van der Waals surface area contributed by atoms with Crippen molar-refractivity contribution in [3.63, 3.8) is 0 Å². The summed E-state index contributed by atoms with van der Waals surface area (Å²) in [4.78, 5) is 40.6. The van der Waals surface area contributed by atoms with Crippen molar-refractivity contribution in [2.75, 3.05) is 12.0 Å². The molecule has 0 saturated carbocycles. The number of nitro benzene ring substituents is 1. The van der Waals surface area contributed by atoms with Gasteiger partial charge in [-0.3, -0.25) is 30.6 Å². The van der Waals surface area contributed by atoms with Crippen molar-refractivity contribution in [1.82, 2.24) is 15.7 Å². The SMILES string of the molecule is O=C(NCC(C(=O)NNc1ccccn1)c1ccc([N+](=O)[O-])cc1)c1cccc2ccccc12. The fraction of sp³-hybridized carbons (Fsp3) is 0.0800. The molecule has 0 spiro atoms. The molecule has 1 atom stereocenters. The predicted octanol–water partition coefficient (Wildman–Crippen LogP) is 3.80. The third-order valence-electron chi connectivity index (χ3n) is 5.30. The number of nitrogens with zero attached hydrogens (tertiary/aromatic N) is 2. The minimum atomic E-state index is -0.809. The normalized spacial score (nSPS) is 11.4. The van der Waals surface area contributed by atoms with E-state index in [-0.39, 0.29) is 18.1 Å². The number of nitro groups is 1. The number of amides is 2. The number of carbonyl (C=O) groups is 2. The van der Waals surface area contributed by atoms with Gasteiger partial charge in [-0.1, -0.05) is 54.6 Å². The fourth-order valence-corrected chi connectivity index (χ4v) is 3.55. The molecule has 0 aliphatic rings. The molecule has 9 heteroatoms. The van der Waals surface area contributed by atoms with Crippen LogP contribution in [0.4, 0.5) is 11.5 Å². The number of carbonyl (C=O) groups excluding carboxylic acids is 2. The van der Waals surface area contributed by atoms with Crippen molar-refractivity contribution < 1.29 is 14.5 Å². The van der Waals surface area contributed by atoms with Gasteiger partial charge in [-0.2, -0.15) is 0 Å². The molecule has 0 fully saturated rings. The number of non-ortho nitro benzene ring substituents is 1. The number of nitrogens with one attached hydrogen (secondary N) is 3. The molecule has 0 saturated heterocycles. The molecule has 0 aliphatic heterocycles. The van der Waals surface area contributed by atoms with E-state index in [1.807, 2.05) is 30.3 Å². The van der Waals surface area contributed by atoms with E-state index >= 15 is 0 Å². The van der Waals surface area contributed by atoms with Crippen LogP contribution in [-0.4, -0.2) is 28.3 Å². The lowest BCUT2D eigenvalue weighted by molar-refractivity contribution is -0.384. The standard InChI is InChI=1S/C25H21N5O4/c31-24(21-9-5-7-17-6-1-2-8-20(17)21)27-16-22(18-11-13-19(14-12-18)30(33)34)25(32)29-28-23-10-3-4-15-26-23/h1-15,22H,16H2,(H,26,28)(H,27,31)(H,29,32). The Morgan fingerprint density at radius 1 is 0.912 bits per heavy atom. The van der Waals surface area contributed by atoms with Crippen LogP contribution in [0.15, 0.2) is 91.1 Å². The number of benzene rings is 3. The topological polar surface area (TPSA) is 126 Å². The molecule has 0 aliphatic carbocycles. The number of hydrogen-bond acceptors (Lipinski definition) is 6. The average molecular weight is 455 g/mol. The number of aromatic nitrogens is 1. The summed E-state index contributed by atoms with van der Waals surface area (Å²) in [5.41, 5.74) is 6.25. The summed E-state index contributed by atoms with van der Waals surface area (Å²) < 4.78 is 0. The van der Waals surface area contributed by atoms with E-state index in [4.69, 9.17) is 0 Å². The Bertz CT molecular complexity index is 1320. The van der Waals surface area contributed by atoms with Gasteiger partial charge in [0.25, 0.3) is 11.6 Å². The predicted molar refractivity (Wildman–Crippen MR) is 128 cm³/mol. The van der Waals surface area contributed by atoms with Gasteiger partial charge in [-0.05, 0) is 34.5 Å². The van der Waals surface area contributed by atoms with Crippen molar-refractivity contribution in [2.24, 2.45) is 0 Å². The van der Waals surface area contributed by atoms with Crippen molar-refractivity contribution >= 4 is 34.1 Å². The molecule has 1 aromatic heterocycles. The number of pyridine rings is 1. The first-order valence-electron chi connectivity index (χ1n) is 10.5. The number of fused-ring (bicyclic) bond motifs is 1. The molecule has 170 valence electrons. The zero-order valence-corrected chi connectivity index (χ0v) is 18.0. The van der Waals surface area contributed by atoms with E-state index in [9.17, 15) is 19.7 Å². The highest BCUT2D eigenvalue weighted by Gasteiger charge is 2.23. The Kier molecular flexibility index (Phi) is 6.73. The molecule has 3 aromatic carbocycles. The minimum Gasteiger partial charge on any atom is -0.351 e. The van der Waals surface area contributed by atoms with Gasteiger partial charge in [0, 0.05) is 30.4 Å². The van der Waals surface area contributed by atoms with E-state index in [2.05, 4.69) is 21.2 Å². The second-order valence-electron chi connectivity index (χ2n) is 7.47. The molecule has 34 heavy (non-hydrogen) atoms. The third-order valence-corrected chi connectivity index (χ3v) is 5.30. The van der Waals surface area contributed by atoms with Crippen molar-refractivity contribution in [1.29, 1.82) is 0 Å². The Morgan fingerprint density at radius 2 is 1.65 bits per heavy atom. The summed E-state index contributed by atoms with van der Waals surface area (Å²) >= 11 is 0. The van der Waals surface area contributed by atoms with Crippen LogP contribution in [0.2, 0.25) is 0 Å². The van der Waals surface area contributed by atoms with Crippen LogP contribution in [-0.2, 0) is 4.79 Å². The minimum absolute atomic E-state index is 0.0183. The first-order valence-corrected chi connectivity index (χ1v) is 10.5. The second-order valence-corrected chi connectivity index (χ2v) is 7.47. The maximum Gasteiger partial charge on any atom is 0.269 e. The summed E-state index contributed by atoms with van der Waals surface area (Å²) in [5.74, 6) is -1.12. The summed E-state index contributed by atoms with van der Waals surface area (Å²) in [6.07, 6.45) is 1.58. The van der Waals surface area contributed by atoms with Crippen LogP contribution in [0, 0.1) is 10.1 Å². The third kappa shape index (κ3) is 5.16. The molecule has 0 radical (unpaired) electrons. The first-order chi connectivity index (χ1) is 16.5. The molecule has 1 unspecified atom stereocenters. The van der Waals surface area contributed by atoms with Gasteiger partial charge in [-0.15, -0.1) is 0 Å². The molecule has 1 heterocycles. The monoisotopic (exact) mass is 455 g/mol. The molecule has 2 amide bonds. The van der Waals surface area contributed by atoms with Crippen LogP contribution in [0.25, 0.3) is 10.8 Å². The molecule has 0 bridgehead atoms. The summed E-state index contributed by atoms with van der Waals surface area (Å²) in [5, 5.41) is 15.6. The van der Waals surface area contributed by atoms with E-state index in [0.717, 1.165) is 10.8 Å². The van der Waals surface area contributed by atoms with Crippen molar-refractivity contribution in [3.8, 4) is 0 Å². The number of hydrazine groups is 1. The van der Waals surface area contributed by atoms with Gasteiger partial charge in [0.1, 0.15) is 5.82 Å². The molecule has 9 nitrogen and oxygen atoms in total. The summed E-state index contributed by atoms with van der Waals surface area (Å²) in [6.45, 7) is -0.0183. The zero-order chi connectivity index (χ0) is 23.9. The van der Waals surface area contributed by atoms with E-state index < -0.39 is 16.7 Å². The van der Waals surface area contributed by atoms with Crippen LogP contribution in [0.5, 0.6) is 0 Å². The number of anilines is 1. The van der Waals surface area contributed by atoms with Crippen molar-refractivity contribution in [2.45, 2.75) is 5.92 Å². The van der Waals surface area contributed by atoms with Gasteiger partial charge >= 0.3 is 0 Å². The van der Waals surface area contributed by atoms with Gasteiger partial charge in [0.05, 0.1) is 10.8 Å². The van der Waals surface area contributed by atoms with Gasteiger partial charge in [-0.25, -0.2) is 4.98 Å². The van der Waals surface area contributed by atoms with Gasteiger partial charge in [0.2, 0.25) is 5.91 Å². The molecular formula is C25H21N5O4. The molecule has 4 aromatic rings. The molecule has 4 rings (SSSR count). The quantitative estimate of drug-likeness (QED) is 0.274. The Balaban J connectivity index is 1.53. The van der Waals surface area contributed by atoms with Gasteiger partial charge < -0.3 is 5.32 Å². The number of hydrogen-bond donors (Lipinski definition) is 3. The lowest BCUT2D eigenvalue weighted by Crippen LogP contribution is -2.40. The maximum absolute atomic E-state index is 13.0. The van der Waals surface area contributed by atoms with E-state index in [1.54, 1.807) is 36.5 Å². The fourth-order valence-electron chi connectivity index (χ4n) is 3.55. The zero-order valence-electron chi connectivity index (χ0n) is 18.0. The Labute approximate surface area is 195 Å². The molecular weight excluding hydrogens is 434 g/mol. The van der Waals surface area contributed by atoms with Crippen LogP contribution in [0.3, 0.4) is 0 Å². The van der Waals surface area contributed by atoms with Crippen LogP contribution in [0.1, 0.15) is 21.8 Å². The molecule has 3 N–H and O–H groups in total. The summed E-state index contributed by atoms with van der Waals surface area (Å²) in [7, 11) is 0. The van der Waals surface area contributed by atoms with E-state index in [0.29, 0.717) is 16.9 Å². The van der Waals surface area contributed by atoms with E-state index in [1.165, 1.54) is 24.3 Å². The highest BCUT2D eigenvalue weighted by Crippen LogP contribution is 2.21. The highest BCUT2D eigenvalue weighted by atomic mass is 16.6. The highest BCUT2D eigenvalue weighted by molar-refractivity contribution is 6.07. The Hall–Kier alpha value is -4.79. The maximum atomic E-state index is 13.0. The van der Waals surface area contributed by atoms with Gasteiger partial charge in [0.15, 0.2) is 0 Å². The second kappa shape index (κ2) is 10.2. The summed E-state index contributed by atoms with van der Waals surface area (Å²) in [6, 6.07) is 23.8. The van der Waals surface area contributed by atoms with Crippen molar-refractivity contribution in [3.05, 3.63) is 112 Å². The number of rotatable bonds is 8. The van der Waals surface area contributed by atoms with Crippen LogP contribution >= 0.6 is 0 Å². The largest absolute Gasteiger partial charge is 0.351 e. The van der Waals surface area contributed by atoms with Crippen LogP contribution < -0.4 is 16.2 Å². The lowest BCUT2D eigenvalue weighted by atomic mass is 9.97. The Morgan fingerprint density at radius 3 is 2.38 bits per heavy atom. The lowest BCUT2D eigenvalue weighted by Gasteiger charge is -2.19. The average Bonchev–Trinajstić information content (AvgIpc) is 2.88. The smallest absolute Gasteiger partial charge is 0.269 e. The first kappa shape index (κ1) is 22.4.